The van der Waals surface area contributed by atoms with E-state index >= 15 is 0 Å². The molecule has 5 aromatic rings. The number of para-hydroxylation sites is 1. The Bertz CT molecular complexity index is 1510. The number of benzene rings is 3. The van der Waals surface area contributed by atoms with Crippen molar-refractivity contribution in [2.24, 2.45) is 7.05 Å². The van der Waals surface area contributed by atoms with Crippen LogP contribution in [-0.2, 0) is 13.5 Å². The SMILES string of the molecule is Cn1c(CCNC(=O)c2cc(-c3cccc4ccccc34)nc3ccccc23)n[nH]c1=S. The van der Waals surface area contributed by atoms with Crippen LogP contribution in [0, 0.1) is 4.77 Å². The lowest BCUT2D eigenvalue weighted by Gasteiger charge is -2.12. The van der Waals surface area contributed by atoms with Gasteiger partial charge in [0.25, 0.3) is 5.91 Å². The maximum Gasteiger partial charge on any atom is 0.252 e. The number of H-pyrrole nitrogens is 1. The summed E-state index contributed by atoms with van der Waals surface area (Å²) >= 11 is 5.15. The van der Waals surface area contributed by atoms with Crippen LogP contribution in [0.3, 0.4) is 0 Å². The van der Waals surface area contributed by atoms with Gasteiger partial charge in [-0.15, -0.1) is 0 Å². The fourth-order valence-electron chi connectivity index (χ4n) is 3.94. The fraction of sp³-hybridized carbons (Fsp3) is 0.120. The number of nitrogens with zero attached hydrogens (tertiary/aromatic N) is 3. The number of hydrogen-bond acceptors (Lipinski definition) is 4. The second kappa shape index (κ2) is 8.36. The number of carbonyl (C=O) groups excluding carboxylic acids is 1. The monoisotopic (exact) mass is 439 g/mol. The molecule has 0 aliphatic heterocycles. The third kappa shape index (κ3) is 3.67. The van der Waals surface area contributed by atoms with Gasteiger partial charge in [-0.05, 0) is 35.1 Å². The molecule has 6 nitrogen and oxygen atoms in total. The van der Waals surface area contributed by atoms with E-state index in [1.807, 2.05) is 66.2 Å². The summed E-state index contributed by atoms with van der Waals surface area (Å²) in [5, 5.41) is 13.1. The molecule has 0 aliphatic rings. The second-order valence-electron chi connectivity index (χ2n) is 7.61. The molecular formula is C25H21N5OS. The molecular weight excluding hydrogens is 418 g/mol. The number of fused-ring (bicyclic) bond motifs is 2. The minimum Gasteiger partial charge on any atom is -0.352 e. The summed E-state index contributed by atoms with van der Waals surface area (Å²) in [6.07, 6.45) is 0.578. The summed E-state index contributed by atoms with van der Waals surface area (Å²) in [5.41, 5.74) is 3.18. The van der Waals surface area contributed by atoms with E-state index in [9.17, 15) is 4.79 Å². The van der Waals surface area contributed by atoms with E-state index in [2.05, 4.69) is 33.7 Å². The van der Waals surface area contributed by atoms with Gasteiger partial charge in [0.05, 0.1) is 16.8 Å². The Balaban J connectivity index is 1.51. The van der Waals surface area contributed by atoms with E-state index in [1.165, 1.54) is 0 Å². The van der Waals surface area contributed by atoms with Gasteiger partial charge in [0.1, 0.15) is 5.82 Å². The van der Waals surface area contributed by atoms with Gasteiger partial charge < -0.3 is 9.88 Å². The number of carbonyl (C=O) groups is 1. The van der Waals surface area contributed by atoms with Crippen molar-refractivity contribution in [3.63, 3.8) is 0 Å². The van der Waals surface area contributed by atoms with Crippen molar-refractivity contribution in [1.82, 2.24) is 25.1 Å². The molecule has 0 saturated heterocycles. The molecule has 2 heterocycles. The van der Waals surface area contributed by atoms with Gasteiger partial charge in [-0.1, -0.05) is 60.7 Å². The number of hydrogen-bond donors (Lipinski definition) is 2. The quantitative estimate of drug-likeness (QED) is 0.385. The molecule has 3 aromatic carbocycles. The highest BCUT2D eigenvalue weighted by molar-refractivity contribution is 7.71. The van der Waals surface area contributed by atoms with Crippen LogP contribution in [0.25, 0.3) is 32.9 Å². The van der Waals surface area contributed by atoms with Crippen molar-refractivity contribution >= 4 is 39.8 Å². The molecule has 0 spiro atoms. The number of pyridine rings is 1. The van der Waals surface area contributed by atoms with Crippen molar-refractivity contribution in [3.05, 3.63) is 89.0 Å². The van der Waals surface area contributed by atoms with Crippen molar-refractivity contribution in [3.8, 4) is 11.3 Å². The number of amides is 1. The zero-order valence-electron chi connectivity index (χ0n) is 17.5. The molecule has 0 bridgehead atoms. The molecule has 7 heteroatoms. The topological polar surface area (TPSA) is 75.6 Å². The van der Waals surface area contributed by atoms with Crippen molar-refractivity contribution in [2.75, 3.05) is 6.54 Å². The summed E-state index contributed by atoms with van der Waals surface area (Å²) < 4.78 is 2.37. The van der Waals surface area contributed by atoms with Crippen LogP contribution in [0.1, 0.15) is 16.2 Å². The third-order valence-corrected chi connectivity index (χ3v) is 6.00. The standard InChI is InChI=1S/C25H21N5OS/c1-30-23(28-29-25(30)32)13-14-26-24(31)20-15-22(27-21-12-5-4-10-19(20)21)18-11-6-8-16-7-2-3-9-17(16)18/h2-12,15H,13-14H2,1H3,(H,26,31)(H,29,32). The first-order valence-corrected chi connectivity index (χ1v) is 10.8. The van der Waals surface area contributed by atoms with Gasteiger partial charge in [-0.3, -0.25) is 9.89 Å². The second-order valence-corrected chi connectivity index (χ2v) is 8.00. The first-order valence-electron chi connectivity index (χ1n) is 10.4. The Morgan fingerprint density at radius 2 is 1.78 bits per heavy atom. The predicted molar refractivity (Wildman–Crippen MR) is 129 cm³/mol. The van der Waals surface area contributed by atoms with E-state index in [0.717, 1.165) is 38.8 Å². The molecule has 158 valence electrons. The average molecular weight is 440 g/mol. The highest BCUT2D eigenvalue weighted by Gasteiger charge is 2.15. The molecule has 0 fully saturated rings. The lowest BCUT2D eigenvalue weighted by Crippen LogP contribution is -2.26. The summed E-state index contributed by atoms with van der Waals surface area (Å²) in [6.45, 7) is 0.451. The highest BCUT2D eigenvalue weighted by atomic mass is 32.1. The molecule has 0 aliphatic carbocycles. The zero-order chi connectivity index (χ0) is 22.1. The van der Waals surface area contributed by atoms with Gasteiger partial charge in [0.15, 0.2) is 4.77 Å². The summed E-state index contributed by atoms with van der Waals surface area (Å²) in [4.78, 5) is 18.1. The van der Waals surface area contributed by atoms with E-state index in [-0.39, 0.29) is 5.91 Å². The van der Waals surface area contributed by atoms with Crippen molar-refractivity contribution in [1.29, 1.82) is 0 Å². The van der Waals surface area contributed by atoms with Crippen LogP contribution >= 0.6 is 12.2 Å². The summed E-state index contributed by atoms with van der Waals surface area (Å²) in [6, 6.07) is 24.0. The Labute approximate surface area is 189 Å². The molecule has 2 N–H and O–H groups in total. The largest absolute Gasteiger partial charge is 0.352 e. The van der Waals surface area contributed by atoms with Crippen molar-refractivity contribution < 1.29 is 4.79 Å². The van der Waals surface area contributed by atoms with Crippen LogP contribution in [0.2, 0.25) is 0 Å². The zero-order valence-corrected chi connectivity index (χ0v) is 18.3. The van der Waals surface area contributed by atoms with Crippen LogP contribution in [0.15, 0.2) is 72.8 Å². The minimum absolute atomic E-state index is 0.137. The van der Waals surface area contributed by atoms with Crippen LogP contribution < -0.4 is 5.32 Å². The van der Waals surface area contributed by atoms with Gasteiger partial charge in [-0.2, -0.15) is 5.10 Å². The lowest BCUT2D eigenvalue weighted by atomic mass is 9.99. The average Bonchev–Trinajstić information content (AvgIpc) is 3.15. The van der Waals surface area contributed by atoms with E-state index in [1.54, 1.807) is 0 Å². The van der Waals surface area contributed by atoms with Gasteiger partial charge in [0, 0.05) is 31.0 Å². The Hall–Kier alpha value is -3.84. The maximum atomic E-state index is 13.2. The lowest BCUT2D eigenvalue weighted by molar-refractivity contribution is 0.0955. The van der Waals surface area contributed by atoms with Crippen molar-refractivity contribution in [2.45, 2.75) is 6.42 Å². The van der Waals surface area contributed by atoms with Crippen LogP contribution in [0.4, 0.5) is 0 Å². The minimum atomic E-state index is -0.137. The predicted octanol–water partition coefficient (Wildman–Crippen LogP) is 4.82. The molecule has 32 heavy (non-hydrogen) atoms. The van der Waals surface area contributed by atoms with Crippen LogP contribution in [0.5, 0.6) is 0 Å². The van der Waals surface area contributed by atoms with Gasteiger partial charge in [0.2, 0.25) is 0 Å². The highest BCUT2D eigenvalue weighted by Crippen LogP contribution is 2.30. The molecule has 2 aromatic heterocycles. The van der Waals surface area contributed by atoms with E-state index in [4.69, 9.17) is 17.2 Å². The number of aromatic nitrogens is 4. The molecule has 0 unspecified atom stereocenters. The third-order valence-electron chi connectivity index (χ3n) is 5.63. The van der Waals surface area contributed by atoms with Gasteiger partial charge >= 0.3 is 0 Å². The van der Waals surface area contributed by atoms with E-state index in [0.29, 0.717) is 23.3 Å². The number of aromatic amines is 1. The van der Waals surface area contributed by atoms with Gasteiger partial charge in [-0.25, -0.2) is 4.98 Å². The summed E-state index contributed by atoms with van der Waals surface area (Å²) in [7, 11) is 1.86. The fourth-order valence-corrected chi connectivity index (χ4v) is 4.09. The first-order chi connectivity index (χ1) is 15.6. The summed E-state index contributed by atoms with van der Waals surface area (Å²) in [5.74, 6) is 0.660. The molecule has 0 saturated carbocycles. The Kier molecular flexibility index (Phi) is 5.25. The maximum absolute atomic E-state index is 13.2. The number of rotatable bonds is 5. The van der Waals surface area contributed by atoms with E-state index < -0.39 is 0 Å². The molecule has 5 rings (SSSR count). The Morgan fingerprint density at radius 3 is 2.59 bits per heavy atom. The normalized spacial score (nSPS) is 11.2. The molecule has 0 radical (unpaired) electrons. The Morgan fingerprint density at radius 1 is 1.03 bits per heavy atom. The molecule has 0 atom stereocenters. The number of nitrogens with one attached hydrogen (secondary N) is 2. The smallest absolute Gasteiger partial charge is 0.252 e. The van der Waals surface area contributed by atoms with Crippen LogP contribution in [-0.4, -0.2) is 32.2 Å². The first kappa shape index (κ1) is 20.1. The molecule has 1 amide bonds.